The van der Waals surface area contributed by atoms with E-state index in [4.69, 9.17) is 33.9 Å². The first kappa shape index (κ1) is 27.9. The summed E-state index contributed by atoms with van der Waals surface area (Å²) in [5.41, 5.74) is -0.748. The zero-order chi connectivity index (χ0) is 24.8. The minimum Gasteiger partial charge on any atom is -0.381 e. The lowest BCUT2D eigenvalue weighted by Gasteiger charge is -2.36. The van der Waals surface area contributed by atoms with Crippen LogP contribution in [0.15, 0.2) is 0 Å². The van der Waals surface area contributed by atoms with Crippen molar-refractivity contribution in [2.24, 2.45) is 0 Å². The Hall–Kier alpha value is -1.36. The number of hydrogen-bond acceptors (Lipinski definition) is 6. The third-order valence-electron chi connectivity index (χ3n) is 6.34. The molecule has 0 bridgehead atoms. The van der Waals surface area contributed by atoms with Crippen LogP contribution in [-0.2, 0) is 14.3 Å². The van der Waals surface area contributed by atoms with Gasteiger partial charge in [-0.3, -0.25) is 9.69 Å². The molecule has 0 atom stereocenters. The van der Waals surface area contributed by atoms with Crippen molar-refractivity contribution in [3.63, 3.8) is 0 Å². The lowest BCUT2D eigenvalue weighted by Crippen LogP contribution is -2.49. The second kappa shape index (κ2) is 11.9. The van der Waals surface area contributed by atoms with Crippen LogP contribution in [0.5, 0.6) is 0 Å². The minimum atomic E-state index is -0.565. The zero-order valence-electron chi connectivity index (χ0n) is 21.0. The number of carbonyl (C=O) groups is 2. The van der Waals surface area contributed by atoms with Gasteiger partial charge in [0, 0.05) is 50.6 Å². The average molecular weight is 501 g/mol. The molecule has 8 nitrogen and oxygen atoms in total. The Morgan fingerprint density at radius 2 is 1.30 bits per heavy atom. The van der Waals surface area contributed by atoms with E-state index in [1.807, 2.05) is 20.8 Å². The van der Waals surface area contributed by atoms with Gasteiger partial charge in [0.15, 0.2) is 5.11 Å². The van der Waals surface area contributed by atoms with E-state index < -0.39 is 5.54 Å². The van der Waals surface area contributed by atoms with Crippen LogP contribution < -0.4 is 0 Å². The second-order valence-electron chi connectivity index (χ2n) is 9.75. The van der Waals surface area contributed by atoms with Gasteiger partial charge in [0.2, 0.25) is 0 Å². The van der Waals surface area contributed by atoms with Crippen molar-refractivity contribution in [3.8, 4) is 0 Å². The van der Waals surface area contributed by atoms with Crippen LogP contribution in [0, 0.1) is 0 Å². The number of thiocarbonyl (C=S) groups is 2. The summed E-state index contributed by atoms with van der Waals surface area (Å²) in [4.78, 5) is 32.7. The number of likely N-dealkylation sites (N-methyl/N-ethyl adjacent to an activating group) is 2. The maximum Gasteiger partial charge on any atom is 0.327 e. The first-order valence-corrected chi connectivity index (χ1v) is 12.7. The molecular weight excluding hydrogens is 460 g/mol. The van der Waals surface area contributed by atoms with Gasteiger partial charge in [-0.15, -0.1) is 0 Å². The Balaban J connectivity index is 1.61. The van der Waals surface area contributed by atoms with E-state index in [1.54, 1.807) is 4.90 Å². The largest absolute Gasteiger partial charge is 0.381 e. The molecule has 2 fully saturated rings. The first-order chi connectivity index (χ1) is 15.5. The standard InChI is InChI=1S/C23H40N4O4S2/c1-7-24-16-18(28)26(20(24)29)22(3,4)10-14-30-12-9-13-31-15-11-23(5,6)27-19(32)17-25(8-2)21(27)33/h7-17H2,1-6H3. The predicted molar refractivity (Wildman–Crippen MR) is 137 cm³/mol. The van der Waals surface area contributed by atoms with E-state index in [0.29, 0.717) is 39.4 Å². The monoisotopic (exact) mass is 500 g/mol. The molecule has 188 valence electrons. The van der Waals surface area contributed by atoms with E-state index in [9.17, 15) is 9.59 Å². The van der Waals surface area contributed by atoms with Crippen molar-refractivity contribution in [1.29, 1.82) is 0 Å². The SMILES string of the molecule is CCN1CC(=O)N(C(C)(C)CCOCCCOCCC(C)(C)N2C(=S)CN(CC)C2=S)C1=O. The summed E-state index contributed by atoms with van der Waals surface area (Å²) in [6.07, 6.45) is 2.21. The highest BCUT2D eigenvalue weighted by atomic mass is 32.1. The lowest BCUT2D eigenvalue weighted by molar-refractivity contribution is -0.129. The molecule has 3 amide bonds. The number of carbonyl (C=O) groups excluding carboxylic acids is 2. The molecule has 0 radical (unpaired) electrons. The van der Waals surface area contributed by atoms with Crippen LogP contribution in [0.3, 0.4) is 0 Å². The van der Waals surface area contributed by atoms with Gasteiger partial charge >= 0.3 is 6.03 Å². The summed E-state index contributed by atoms with van der Waals surface area (Å²) < 4.78 is 11.6. The molecule has 2 aliphatic heterocycles. The molecule has 10 heteroatoms. The summed E-state index contributed by atoms with van der Waals surface area (Å²) in [6, 6.07) is -0.207. The quantitative estimate of drug-likeness (QED) is 0.205. The second-order valence-corrected chi connectivity index (χ2v) is 10.6. The molecule has 0 aromatic heterocycles. The highest BCUT2D eigenvalue weighted by Crippen LogP contribution is 2.27. The molecule has 0 aromatic rings. The number of imide groups is 1. The topological polar surface area (TPSA) is 65.6 Å². The number of nitrogens with zero attached hydrogens (tertiary/aromatic N) is 4. The molecule has 2 aliphatic rings. The van der Waals surface area contributed by atoms with Gasteiger partial charge in [0.05, 0.1) is 6.54 Å². The van der Waals surface area contributed by atoms with Crippen LogP contribution in [-0.4, -0.2) is 105 Å². The third-order valence-corrected chi connectivity index (χ3v) is 7.09. The first-order valence-electron chi connectivity index (χ1n) is 11.9. The summed E-state index contributed by atoms with van der Waals surface area (Å²) in [5, 5.41) is 0.809. The molecule has 0 spiro atoms. The molecule has 0 saturated carbocycles. The molecular formula is C23H40N4O4S2. The number of amides is 3. The van der Waals surface area contributed by atoms with Crippen molar-refractivity contribution in [2.75, 3.05) is 52.6 Å². The zero-order valence-corrected chi connectivity index (χ0v) is 22.6. The van der Waals surface area contributed by atoms with Gasteiger partial charge < -0.3 is 24.2 Å². The number of ether oxygens (including phenoxy) is 2. The van der Waals surface area contributed by atoms with Gasteiger partial charge in [-0.05, 0) is 73.0 Å². The normalized spacial score (nSPS) is 17.9. The predicted octanol–water partition coefficient (Wildman–Crippen LogP) is 3.28. The molecule has 0 unspecified atom stereocenters. The van der Waals surface area contributed by atoms with E-state index in [1.165, 1.54) is 4.90 Å². The Bertz CT molecular complexity index is 684. The van der Waals surface area contributed by atoms with Gasteiger partial charge in [0.1, 0.15) is 11.5 Å². The summed E-state index contributed by atoms with van der Waals surface area (Å²) >= 11 is 11.1. The highest BCUT2D eigenvalue weighted by molar-refractivity contribution is 7.82. The minimum absolute atomic E-state index is 0.138. The smallest absolute Gasteiger partial charge is 0.327 e. The third kappa shape index (κ3) is 6.83. The van der Waals surface area contributed by atoms with Gasteiger partial charge in [0.25, 0.3) is 5.91 Å². The van der Waals surface area contributed by atoms with Crippen molar-refractivity contribution in [3.05, 3.63) is 0 Å². The fourth-order valence-electron chi connectivity index (χ4n) is 4.12. The Labute approximate surface area is 209 Å². The molecule has 0 N–H and O–H groups in total. The number of hydrogen-bond donors (Lipinski definition) is 0. The number of rotatable bonds is 14. The van der Waals surface area contributed by atoms with Gasteiger partial charge in [-0.25, -0.2) is 4.79 Å². The molecule has 2 heterocycles. The molecule has 2 saturated heterocycles. The maximum atomic E-state index is 12.4. The van der Waals surface area contributed by atoms with Crippen molar-refractivity contribution < 1.29 is 19.1 Å². The average Bonchev–Trinajstić information content (AvgIpc) is 3.20. The number of urea groups is 1. The molecule has 2 rings (SSSR count). The van der Waals surface area contributed by atoms with E-state index >= 15 is 0 Å². The van der Waals surface area contributed by atoms with Crippen LogP contribution in [0.1, 0.15) is 60.8 Å². The van der Waals surface area contributed by atoms with E-state index in [-0.39, 0.29) is 24.0 Å². The maximum absolute atomic E-state index is 12.4. The van der Waals surface area contributed by atoms with Crippen molar-refractivity contribution >= 4 is 46.5 Å². The van der Waals surface area contributed by atoms with Crippen LogP contribution in [0.4, 0.5) is 4.79 Å². The Morgan fingerprint density at radius 1 is 0.788 bits per heavy atom. The summed E-state index contributed by atoms with van der Waals surface area (Å²) in [7, 11) is 0. The van der Waals surface area contributed by atoms with Crippen LogP contribution >= 0.6 is 24.4 Å². The van der Waals surface area contributed by atoms with E-state index in [0.717, 1.165) is 36.0 Å². The van der Waals surface area contributed by atoms with Crippen molar-refractivity contribution in [2.45, 2.75) is 71.9 Å². The Morgan fingerprint density at radius 3 is 1.76 bits per heavy atom. The van der Waals surface area contributed by atoms with E-state index in [2.05, 4.69) is 30.6 Å². The lowest BCUT2D eigenvalue weighted by atomic mass is 9.99. The van der Waals surface area contributed by atoms with Crippen molar-refractivity contribution in [1.82, 2.24) is 19.6 Å². The molecule has 0 aliphatic carbocycles. The van der Waals surface area contributed by atoms with Crippen LogP contribution in [0.25, 0.3) is 0 Å². The Kier molecular flexibility index (Phi) is 10.0. The fourth-order valence-corrected chi connectivity index (χ4v) is 5.22. The fraction of sp³-hybridized carbons (Fsp3) is 0.826. The summed E-state index contributed by atoms with van der Waals surface area (Å²) in [6.45, 7) is 16.7. The van der Waals surface area contributed by atoms with Gasteiger partial charge in [-0.2, -0.15) is 0 Å². The highest BCUT2D eigenvalue weighted by Gasteiger charge is 2.43. The van der Waals surface area contributed by atoms with Gasteiger partial charge in [-0.1, -0.05) is 12.2 Å². The molecule has 33 heavy (non-hydrogen) atoms. The molecule has 0 aromatic carbocycles. The summed E-state index contributed by atoms with van der Waals surface area (Å²) in [5.74, 6) is -0.138. The van der Waals surface area contributed by atoms with Crippen LogP contribution in [0.2, 0.25) is 0 Å².